The van der Waals surface area contributed by atoms with Crippen LogP contribution in [0.5, 0.6) is 0 Å². The summed E-state index contributed by atoms with van der Waals surface area (Å²) in [5.74, 6) is 0.485. The number of hydrogen-bond donors (Lipinski definition) is 1. The van der Waals surface area contributed by atoms with Gasteiger partial charge in [0.1, 0.15) is 0 Å². The molecule has 1 N–H and O–H groups in total. The second-order valence-electron chi connectivity index (χ2n) is 4.89. The van der Waals surface area contributed by atoms with Crippen molar-refractivity contribution in [2.45, 2.75) is 38.3 Å². The van der Waals surface area contributed by atoms with Crippen LogP contribution < -0.4 is 0 Å². The van der Waals surface area contributed by atoms with Crippen LogP contribution in [0.3, 0.4) is 0 Å². The molecule has 0 amide bonds. The van der Waals surface area contributed by atoms with E-state index in [9.17, 15) is 5.11 Å². The predicted octanol–water partition coefficient (Wildman–Crippen LogP) is 2.73. The largest absolute Gasteiger partial charge is 0.393 e. The Morgan fingerprint density at radius 1 is 1.44 bits per heavy atom. The number of aliphatic hydroxyl groups is 1. The maximum atomic E-state index is 9.92. The fraction of sp³-hybridized carbons (Fsp3) is 0.692. The number of hydrogen-bond acceptors (Lipinski definition) is 3. The van der Waals surface area contributed by atoms with Crippen molar-refractivity contribution >= 4 is 11.3 Å². The van der Waals surface area contributed by atoms with E-state index >= 15 is 0 Å². The van der Waals surface area contributed by atoms with Gasteiger partial charge in [-0.1, -0.05) is 18.9 Å². The van der Waals surface area contributed by atoms with Gasteiger partial charge in [0, 0.05) is 18.0 Å². The molecule has 1 aliphatic rings. The zero-order chi connectivity index (χ0) is 11.4. The summed E-state index contributed by atoms with van der Waals surface area (Å²) in [6.45, 7) is 2.04. The van der Waals surface area contributed by atoms with E-state index in [1.807, 2.05) is 11.3 Å². The summed E-state index contributed by atoms with van der Waals surface area (Å²) in [5.41, 5.74) is 0. The van der Waals surface area contributed by atoms with Crippen molar-refractivity contribution in [3.05, 3.63) is 22.4 Å². The van der Waals surface area contributed by atoms with E-state index in [2.05, 4.69) is 29.5 Å². The first-order chi connectivity index (χ1) is 7.75. The van der Waals surface area contributed by atoms with Gasteiger partial charge < -0.3 is 10.0 Å². The molecule has 90 valence electrons. The molecule has 16 heavy (non-hydrogen) atoms. The fourth-order valence-corrected chi connectivity index (χ4v) is 3.32. The van der Waals surface area contributed by atoms with Crippen molar-refractivity contribution in [3.8, 4) is 0 Å². The molecule has 2 nitrogen and oxygen atoms in total. The maximum Gasteiger partial charge on any atom is 0.0580 e. The lowest BCUT2D eigenvalue weighted by molar-refractivity contribution is 0.0503. The van der Waals surface area contributed by atoms with Crippen molar-refractivity contribution in [1.29, 1.82) is 0 Å². The van der Waals surface area contributed by atoms with Crippen molar-refractivity contribution in [2.24, 2.45) is 5.92 Å². The Labute approximate surface area is 102 Å². The van der Waals surface area contributed by atoms with Crippen molar-refractivity contribution in [2.75, 3.05) is 13.6 Å². The summed E-state index contributed by atoms with van der Waals surface area (Å²) in [6.07, 6.45) is 4.61. The van der Waals surface area contributed by atoms with Crippen LogP contribution in [-0.2, 0) is 6.54 Å². The van der Waals surface area contributed by atoms with Gasteiger partial charge in [-0.2, -0.15) is 0 Å². The summed E-state index contributed by atoms with van der Waals surface area (Å²) in [7, 11) is 2.15. The molecule has 1 saturated carbocycles. The fourth-order valence-electron chi connectivity index (χ4n) is 2.53. The minimum absolute atomic E-state index is 0.0699. The van der Waals surface area contributed by atoms with E-state index < -0.39 is 0 Å². The zero-order valence-corrected chi connectivity index (χ0v) is 10.7. The van der Waals surface area contributed by atoms with Crippen LogP contribution in [0.25, 0.3) is 0 Å². The average molecular weight is 239 g/mol. The standard InChI is InChI=1S/C13H21NOS/c1-14(10-12-6-4-8-16-12)9-11-5-2-3-7-13(11)15/h4,6,8,11,13,15H,2-3,5,7,9-10H2,1H3. The summed E-state index contributed by atoms with van der Waals surface area (Å²) in [5, 5.41) is 12.0. The summed E-state index contributed by atoms with van der Waals surface area (Å²) in [6, 6.07) is 4.28. The Hall–Kier alpha value is -0.380. The Bertz CT molecular complexity index is 299. The highest BCUT2D eigenvalue weighted by molar-refractivity contribution is 7.09. The smallest absolute Gasteiger partial charge is 0.0580 e. The van der Waals surface area contributed by atoms with Gasteiger partial charge in [-0.05, 0) is 37.3 Å². The lowest BCUT2D eigenvalue weighted by atomic mass is 9.86. The molecule has 1 aromatic heterocycles. The van der Waals surface area contributed by atoms with Gasteiger partial charge in [0.15, 0.2) is 0 Å². The first kappa shape index (κ1) is 12.1. The number of aliphatic hydroxyl groups excluding tert-OH is 1. The van der Waals surface area contributed by atoms with Gasteiger partial charge >= 0.3 is 0 Å². The highest BCUT2D eigenvalue weighted by Crippen LogP contribution is 2.25. The second-order valence-corrected chi connectivity index (χ2v) is 5.92. The van der Waals surface area contributed by atoms with E-state index in [1.54, 1.807) is 0 Å². The molecule has 1 aliphatic carbocycles. The molecule has 1 heterocycles. The lowest BCUT2D eigenvalue weighted by Gasteiger charge is -2.31. The van der Waals surface area contributed by atoms with Crippen molar-refractivity contribution < 1.29 is 5.11 Å². The molecular weight excluding hydrogens is 218 g/mol. The molecule has 0 aromatic carbocycles. The maximum absolute atomic E-state index is 9.92. The normalized spacial score (nSPS) is 26.2. The van der Waals surface area contributed by atoms with E-state index in [0.29, 0.717) is 5.92 Å². The minimum Gasteiger partial charge on any atom is -0.393 e. The van der Waals surface area contributed by atoms with Gasteiger partial charge in [0.05, 0.1) is 6.10 Å². The topological polar surface area (TPSA) is 23.5 Å². The van der Waals surface area contributed by atoms with E-state index in [0.717, 1.165) is 19.5 Å². The quantitative estimate of drug-likeness (QED) is 0.873. The third-order valence-electron chi connectivity index (χ3n) is 3.42. The SMILES string of the molecule is CN(Cc1cccs1)CC1CCCCC1O. The van der Waals surface area contributed by atoms with Crippen LogP contribution in [0.4, 0.5) is 0 Å². The molecule has 0 saturated heterocycles. The van der Waals surface area contributed by atoms with Crippen LogP contribution in [-0.4, -0.2) is 29.7 Å². The average Bonchev–Trinajstić information content (AvgIpc) is 2.74. The van der Waals surface area contributed by atoms with Crippen LogP contribution in [0.1, 0.15) is 30.6 Å². The van der Waals surface area contributed by atoms with E-state index in [4.69, 9.17) is 0 Å². The van der Waals surface area contributed by atoms with Gasteiger partial charge in [-0.3, -0.25) is 0 Å². The molecule has 1 aromatic rings. The molecule has 0 aliphatic heterocycles. The predicted molar refractivity (Wildman–Crippen MR) is 68.6 cm³/mol. The molecule has 0 radical (unpaired) electrons. The first-order valence-electron chi connectivity index (χ1n) is 6.14. The van der Waals surface area contributed by atoms with Gasteiger partial charge in [-0.15, -0.1) is 11.3 Å². The molecule has 0 bridgehead atoms. The van der Waals surface area contributed by atoms with Crippen molar-refractivity contribution in [1.82, 2.24) is 4.90 Å². The third kappa shape index (κ3) is 3.30. The molecule has 0 spiro atoms. The molecule has 2 unspecified atom stereocenters. The first-order valence-corrected chi connectivity index (χ1v) is 7.02. The van der Waals surface area contributed by atoms with Gasteiger partial charge in [-0.25, -0.2) is 0 Å². The highest BCUT2D eigenvalue weighted by Gasteiger charge is 2.23. The Morgan fingerprint density at radius 3 is 2.94 bits per heavy atom. The molecule has 1 fully saturated rings. The highest BCUT2D eigenvalue weighted by atomic mass is 32.1. The molecule has 3 heteroatoms. The summed E-state index contributed by atoms with van der Waals surface area (Å²) in [4.78, 5) is 3.75. The summed E-state index contributed by atoms with van der Waals surface area (Å²) >= 11 is 1.81. The Balaban J connectivity index is 1.79. The Morgan fingerprint density at radius 2 is 2.25 bits per heavy atom. The number of thiophene rings is 1. The van der Waals surface area contributed by atoms with Gasteiger partial charge in [0.25, 0.3) is 0 Å². The molecule has 2 rings (SSSR count). The minimum atomic E-state index is -0.0699. The lowest BCUT2D eigenvalue weighted by Crippen LogP contribution is -2.34. The third-order valence-corrected chi connectivity index (χ3v) is 4.28. The summed E-state index contributed by atoms with van der Waals surface area (Å²) < 4.78 is 0. The molecule has 2 atom stereocenters. The van der Waals surface area contributed by atoms with E-state index in [-0.39, 0.29) is 6.10 Å². The van der Waals surface area contributed by atoms with Crippen LogP contribution in [0, 0.1) is 5.92 Å². The zero-order valence-electron chi connectivity index (χ0n) is 9.93. The number of rotatable bonds is 4. The van der Waals surface area contributed by atoms with Crippen LogP contribution in [0.2, 0.25) is 0 Å². The number of nitrogens with zero attached hydrogens (tertiary/aromatic N) is 1. The van der Waals surface area contributed by atoms with Crippen LogP contribution in [0.15, 0.2) is 17.5 Å². The second kappa shape index (κ2) is 5.80. The van der Waals surface area contributed by atoms with E-state index in [1.165, 1.54) is 24.1 Å². The van der Waals surface area contributed by atoms with Crippen LogP contribution >= 0.6 is 11.3 Å². The Kier molecular flexibility index (Phi) is 4.38. The van der Waals surface area contributed by atoms with Crippen molar-refractivity contribution in [3.63, 3.8) is 0 Å². The molecular formula is C13H21NOS. The van der Waals surface area contributed by atoms with Gasteiger partial charge in [0.2, 0.25) is 0 Å². The monoisotopic (exact) mass is 239 g/mol.